The minimum absolute atomic E-state index is 0.305. The number of unbranched alkanes of at least 4 members (excludes halogenated alkanes) is 4. The number of carbonyl (C=O) groups is 1. The van der Waals surface area contributed by atoms with Crippen molar-refractivity contribution in [3.63, 3.8) is 0 Å². The second kappa shape index (κ2) is 11.9. The van der Waals surface area contributed by atoms with Crippen molar-refractivity contribution in [2.75, 3.05) is 18.1 Å². The first-order chi connectivity index (χ1) is 7.27. The molecule has 0 heterocycles. The van der Waals surface area contributed by atoms with Crippen LogP contribution < -0.4 is 0 Å². The van der Waals surface area contributed by atoms with Gasteiger partial charge < -0.3 is 10.2 Å². The summed E-state index contributed by atoms with van der Waals surface area (Å²) < 4.78 is 0. The lowest BCUT2D eigenvalue weighted by molar-refractivity contribution is -0.137. The van der Waals surface area contributed by atoms with E-state index in [1.165, 1.54) is 12.2 Å². The van der Waals surface area contributed by atoms with E-state index in [0.717, 1.165) is 37.9 Å². The molecular formula is C11H22O3S. The number of aliphatic hydroxyl groups excluding tert-OH is 1. The van der Waals surface area contributed by atoms with Crippen molar-refractivity contribution < 1.29 is 15.0 Å². The van der Waals surface area contributed by atoms with E-state index in [1.807, 2.05) is 11.8 Å². The third kappa shape index (κ3) is 13.8. The monoisotopic (exact) mass is 234 g/mol. The van der Waals surface area contributed by atoms with Crippen LogP contribution >= 0.6 is 11.8 Å². The van der Waals surface area contributed by atoms with Crippen LogP contribution in [0.2, 0.25) is 0 Å². The fourth-order valence-electron chi connectivity index (χ4n) is 1.25. The van der Waals surface area contributed by atoms with Crippen LogP contribution in [0.25, 0.3) is 0 Å². The van der Waals surface area contributed by atoms with E-state index < -0.39 is 5.97 Å². The van der Waals surface area contributed by atoms with Crippen molar-refractivity contribution in [3.05, 3.63) is 0 Å². The number of thioether (sulfide) groups is 1. The van der Waals surface area contributed by atoms with Crippen molar-refractivity contribution >= 4 is 17.7 Å². The van der Waals surface area contributed by atoms with Gasteiger partial charge in [0, 0.05) is 13.0 Å². The summed E-state index contributed by atoms with van der Waals surface area (Å²) in [4.78, 5) is 10.2. The lowest BCUT2D eigenvalue weighted by Gasteiger charge is -2.01. The van der Waals surface area contributed by atoms with Crippen LogP contribution in [0.5, 0.6) is 0 Å². The van der Waals surface area contributed by atoms with Crippen molar-refractivity contribution in [2.45, 2.75) is 44.9 Å². The van der Waals surface area contributed by atoms with E-state index in [9.17, 15) is 4.79 Å². The van der Waals surface area contributed by atoms with Crippen LogP contribution in [0.3, 0.4) is 0 Å². The molecule has 0 saturated carbocycles. The van der Waals surface area contributed by atoms with Gasteiger partial charge in [-0.25, -0.2) is 0 Å². The van der Waals surface area contributed by atoms with Crippen LogP contribution in [0.1, 0.15) is 44.9 Å². The topological polar surface area (TPSA) is 57.5 Å². The van der Waals surface area contributed by atoms with Crippen molar-refractivity contribution in [3.8, 4) is 0 Å². The van der Waals surface area contributed by atoms with E-state index in [1.54, 1.807) is 0 Å². The molecule has 0 atom stereocenters. The van der Waals surface area contributed by atoms with Gasteiger partial charge in [0.05, 0.1) is 0 Å². The summed E-state index contributed by atoms with van der Waals surface area (Å²) in [5.74, 6) is 1.61. The third-order valence-electron chi connectivity index (χ3n) is 2.13. The number of carboxylic acid groups (broad SMARTS) is 1. The average Bonchev–Trinajstić information content (AvgIpc) is 2.20. The van der Waals surface area contributed by atoms with E-state index in [4.69, 9.17) is 10.2 Å². The van der Waals surface area contributed by atoms with Gasteiger partial charge in [0.1, 0.15) is 0 Å². The van der Waals surface area contributed by atoms with Crippen LogP contribution in [-0.2, 0) is 4.79 Å². The first-order valence-corrected chi connectivity index (χ1v) is 6.83. The molecule has 4 heteroatoms. The Morgan fingerprint density at radius 2 is 1.53 bits per heavy atom. The molecule has 0 bridgehead atoms. The Hall–Kier alpha value is -0.220. The largest absolute Gasteiger partial charge is 0.481 e. The smallest absolute Gasteiger partial charge is 0.303 e. The Morgan fingerprint density at radius 1 is 0.933 bits per heavy atom. The molecular weight excluding hydrogens is 212 g/mol. The lowest BCUT2D eigenvalue weighted by Crippen LogP contribution is -1.94. The van der Waals surface area contributed by atoms with Gasteiger partial charge in [-0.1, -0.05) is 12.8 Å². The van der Waals surface area contributed by atoms with Gasteiger partial charge in [-0.15, -0.1) is 0 Å². The van der Waals surface area contributed by atoms with Gasteiger partial charge in [-0.05, 0) is 37.2 Å². The molecule has 0 aromatic carbocycles. The van der Waals surface area contributed by atoms with Crippen LogP contribution in [0.15, 0.2) is 0 Å². The second-order valence-corrected chi connectivity index (χ2v) is 4.83. The Kier molecular flexibility index (Phi) is 11.7. The Balaban J connectivity index is 2.89. The highest BCUT2D eigenvalue weighted by Crippen LogP contribution is 2.10. The number of carboxylic acids is 1. The molecule has 0 rings (SSSR count). The van der Waals surface area contributed by atoms with Gasteiger partial charge in [-0.2, -0.15) is 11.8 Å². The molecule has 0 amide bonds. The number of hydrogen-bond acceptors (Lipinski definition) is 3. The SMILES string of the molecule is O=C(O)CCCCCSCCCCCO. The number of aliphatic hydroxyl groups is 1. The molecule has 0 saturated heterocycles. The zero-order chi connectivity index (χ0) is 11.4. The molecule has 2 N–H and O–H groups in total. The first kappa shape index (κ1) is 14.8. The molecule has 0 aliphatic rings. The highest BCUT2D eigenvalue weighted by atomic mass is 32.2. The minimum atomic E-state index is -0.688. The van der Waals surface area contributed by atoms with Gasteiger partial charge in [0.15, 0.2) is 0 Å². The summed E-state index contributed by atoms with van der Waals surface area (Å²) in [6.07, 6.45) is 6.47. The number of rotatable bonds is 11. The third-order valence-corrected chi connectivity index (χ3v) is 3.28. The first-order valence-electron chi connectivity index (χ1n) is 5.67. The fourth-order valence-corrected chi connectivity index (χ4v) is 2.27. The van der Waals surface area contributed by atoms with Crippen LogP contribution in [0, 0.1) is 0 Å². The molecule has 0 aromatic rings. The molecule has 3 nitrogen and oxygen atoms in total. The van der Waals surface area contributed by atoms with Crippen molar-refractivity contribution in [2.24, 2.45) is 0 Å². The van der Waals surface area contributed by atoms with Crippen LogP contribution in [0.4, 0.5) is 0 Å². The maximum absolute atomic E-state index is 10.2. The quantitative estimate of drug-likeness (QED) is 0.539. The molecule has 0 unspecified atom stereocenters. The minimum Gasteiger partial charge on any atom is -0.481 e. The molecule has 0 spiro atoms. The van der Waals surface area contributed by atoms with E-state index in [2.05, 4.69) is 0 Å². The zero-order valence-electron chi connectivity index (χ0n) is 9.28. The Labute approximate surface area is 96.3 Å². The predicted molar refractivity (Wildman–Crippen MR) is 64.4 cm³/mol. The second-order valence-electron chi connectivity index (χ2n) is 3.60. The Bertz CT molecular complexity index is 151. The van der Waals surface area contributed by atoms with Gasteiger partial charge in [0.2, 0.25) is 0 Å². The van der Waals surface area contributed by atoms with Crippen molar-refractivity contribution in [1.82, 2.24) is 0 Å². The summed E-state index contributed by atoms with van der Waals surface area (Å²) in [5.41, 5.74) is 0. The van der Waals surface area contributed by atoms with Crippen LogP contribution in [-0.4, -0.2) is 34.3 Å². The maximum atomic E-state index is 10.2. The highest BCUT2D eigenvalue weighted by Gasteiger charge is 1.96. The number of hydrogen-bond donors (Lipinski definition) is 2. The molecule has 0 aliphatic carbocycles. The van der Waals surface area contributed by atoms with Gasteiger partial charge in [-0.3, -0.25) is 4.79 Å². The van der Waals surface area contributed by atoms with Gasteiger partial charge >= 0.3 is 5.97 Å². The van der Waals surface area contributed by atoms with Gasteiger partial charge in [0.25, 0.3) is 0 Å². The van der Waals surface area contributed by atoms with E-state index in [-0.39, 0.29) is 0 Å². The molecule has 15 heavy (non-hydrogen) atoms. The van der Waals surface area contributed by atoms with E-state index >= 15 is 0 Å². The molecule has 0 fully saturated rings. The molecule has 0 aliphatic heterocycles. The zero-order valence-corrected chi connectivity index (χ0v) is 10.1. The lowest BCUT2D eigenvalue weighted by atomic mass is 10.2. The standard InChI is InChI=1S/C11H22O3S/c12-8-4-2-6-10-15-9-5-1-3-7-11(13)14/h12H,1-10H2,(H,13,14). The molecule has 0 aromatic heterocycles. The summed E-state index contributed by atoms with van der Waals surface area (Å²) >= 11 is 1.93. The normalized spacial score (nSPS) is 10.5. The average molecular weight is 234 g/mol. The Morgan fingerprint density at radius 3 is 2.07 bits per heavy atom. The van der Waals surface area contributed by atoms with E-state index in [0.29, 0.717) is 13.0 Å². The highest BCUT2D eigenvalue weighted by molar-refractivity contribution is 7.99. The summed E-state index contributed by atoms with van der Waals surface area (Å²) in [6, 6.07) is 0. The number of aliphatic carboxylic acids is 1. The maximum Gasteiger partial charge on any atom is 0.303 e. The van der Waals surface area contributed by atoms with Crippen molar-refractivity contribution in [1.29, 1.82) is 0 Å². The summed E-state index contributed by atoms with van der Waals surface area (Å²) in [6.45, 7) is 0.305. The summed E-state index contributed by atoms with van der Waals surface area (Å²) in [5, 5.41) is 17.0. The summed E-state index contributed by atoms with van der Waals surface area (Å²) in [7, 11) is 0. The predicted octanol–water partition coefficient (Wildman–Crippen LogP) is 2.53. The fraction of sp³-hybridized carbons (Fsp3) is 0.909. The molecule has 0 radical (unpaired) electrons. The molecule has 90 valence electrons.